The maximum Gasteiger partial charge on any atom is 0.414 e. The van der Waals surface area contributed by atoms with E-state index < -0.39 is 12.1 Å². The van der Waals surface area contributed by atoms with Crippen molar-refractivity contribution in [1.82, 2.24) is 0 Å². The van der Waals surface area contributed by atoms with Crippen LogP contribution in [0.25, 0.3) is 0 Å². The fourth-order valence-electron chi connectivity index (χ4n) is 1.81. The monoisotopic (exact) mass is 319 g/mol. The third-order valence-corrected chi connectivity index (χ3v) is 3.38. The average Bonchev–Trinajstić information content (AvgIpc) is 2.53. The number of ether oxygens (including phenoxy) is 1. The maximum absolute atomic E-state index is 12.0. The molecule has 0 saturated heterocycles. The van der Waals surface area contributed by atoms with E-state index in [2.05, 4.69) is 0 Å². The number of amides is 1. The molecule has 2 aromatic rings. The van der Waals surface area contributed by atoms with Gasteiger partial charge >= 0.3 is 12.1 Å². The molecule has 0 fully saturated rings. The Bertz CT molecular complexity index is 688. The molecule has 2 aromatic carbocycles. The summed E-state index contributed by atoms with van der Waals surface area (Å²) in [6.45, 7) is 0.142. The summed E-state index contributed by atoms with van der Waals surface area (Å²) in [5.74, 6) is -1.15. The van der Waals surface area contributed by atoms with Crippen LogP contribution >= 0.6 is 11.6 Å². The Morgan fingerprint density at radius 3 is 2.50 bits per heavy atom. The third kappa shape index (κ3) is 3.77. The molecule has 1 amide bonds. The van der Waals surface area contributed by atoms with Crippen LogP contribution in [0.3, 0.4) is 0 Å². The van der Waals surface area contributed by atoms with Gasteiger partial charge in [-0.25, -0.2) is 9.59 Å². The molecule has 0 aliphatic carbocycles. The minimum Gasteiger partial charge on any atom is -0.478 e. The maximum atomic E-state index is 12.0. The van der Waals surface area contributed by atoms with E-state index >= 15 is 0 Å². The van der Waals surface area contributed by atoms with Gasteiger partial charge in [0.25, 0.3) is 0 Å². The highest BCUT2D eigenvalue weighted by atomic mass is 35.5. The smallest absolute Gasteiger partial charge is 0.414 e. The number of hydrogen-bond donors (Lipinski definition) is 1. The lowest BCUT2D eigenvalue weighted by Crippen LogP contribution is -2.27. The molecular weight excluding hydrogens is 306 g/mol. The van der Waals surface area contributed by atoms with Gasteiger partial charge in [0, 0.05) is 12.7 Å². The van der Waals surface area contributed by atoms with Crippen LogP contribution < -0.4 is 4.90 Å². The standard InChI is InChI=1S/C16H14ClNO4/c1-18(12-7-8-14(17)13(9-12)15(19)20)16(21)22-10-11-5-3-2-4-6-11/h2-9H,10H2,1H3,(H,19,20). The van der Waals surface area contributed by atoms with Crippen molar-refractivity contribution in [1.29, 1.82) is 0 Å². The minimum absolute atomic E-state index is 0.0677. The van der Waals surface area contributed by atoms with Crippen LogP contribution in [0.5, 0.6) is 0 Å². The number of rotatable bonds is 4. The van der Waals surface area contributed by atoms with E-state index in [0.29, 0.717) is 5.69 Å². The van der Waals surface area contributed by atoms with E-state index in [-0.39, 0.29) is 17.2 Å². The Kier molecular flexibility index (Phi) is 5.01. The van der Waals surface area contributed by atoms with Crippen molar-refractivity contribution in [2.75, 3.05) is 11.9 Å². The average molecular weight is 320 g/mol. The summed E-state index contributed by atoms with van der Waals surface area (Å²) in [7, 11) is 1.50. The first kappa shape index (κ1) is 15.9. The molecule has 0 spiro atoms. The SMILES string of the molecule is CN(C(=O)OCc1ccccc1)c1ccc(Cl)c(C(=O)O)c1. The van der Waals surface area contributed by atoms with Crippen LogP contribution in [-0.2, 0) is 11.3 Å². The summed E-state index contributed by atoms with van der Waals surface area (Å²) in [5, 5.41) is 9.16. The minimum atomic E-state index is -1.15. The highest BCUT2D eigenvalue weighted by molar-refractivity contribution is 6.33. The molecule has 2 rings (SSSR count). The number of halogens is 1. The first-order chi connectivity index (χ1) is 10.5. The second kappa shape index (κ2) is 6.95. The number of carbonyl (C=O) groups excluding carboxylic acids is 1. The van der Waals surface area contributed by atoms with Gasteiger partial charge in [-0.1, -0.05) is 41.9 Å². The van der Waals surface area contributed by atoms with Crippen LogP contribution in [0.1, 0.15) is 15.9 Å². The van der Waals surface area contributed by atoms with E-state index in [9.17, 15) is 9.59 Å². The molecule has 0 aliphatic rings. The van der Waals surface area contributed by atoms with Crippen molar-refractivity contribution in [2.45, 2.75) is 6.61 Å². The molecule has 0 radical (unpaired) electrons. The number of carboxylic acids is 1. The highest BCUT2D eigenvalue weighted by Gasteiger charge is 2.16. The molecule has 0 atom stereocenters. The number of benzene rings is 2. The summed E-state index contributed by atoms with van der Waals surface area (Å²) in [6.07, 6.45) is -0.581. The van der Waals surface area contributed by atoms with Crippen LogP contribution in [0.15, 0.2) is 48.5 Å². The Labute approximate surface area is 132 Å². The van der Waals surface area contributed by atoms with Gasteiger partial charge in [-0.05, 0) is 23.8 Å². The fraction of sp³-hybridized carbons (Fsp3) is 0.125. The van der Waals surface area contributed by atoms with Crippen molar-refractivity contribution in [3.8, 4) is 0 Å². The zero-order chi connectivity index (χ0) is 16.1. The molecule has 6 heteroatoms. The summed E-state index contributed by atoms with van der Waals surface area (Å²) in [6, 6.07) is 13.6. The molecule has 0 heterocycles. The second-order valence-corrected chi connectivity index (χ2v) is 4.98. The van der Waals surface area contributed by atoms with Crippen molar-refractivity contribution in [2.24, 2.45) is 0 Å². The first-order valence-electron chi connectivity index (χ1n) is 6.46. The Morgan fingerprint density at radius 1 is 1.18 bits per heavy atom. The number of nitrogens with zero attached hydrogens (tertiary/aromatic N) is 1. The molecule has 0 aliphatic heterocycles. The molecule has 1 N–H and O–H groups in total. The van der Waals surface area contributed by atoms with Crippen molar-refractivity contribution in [3.63, 3.8) is 0 Å². The molecule has 0 bridgehead atoms. The second-order valence-electron chi connectivity index (χ2n) is 4.57. The van der Waals surface area contributed by atoms with Gasteiger partial charge in [0.2, 0.25) is 0 Å². The normalized spacial score (nSPS) is 10.1. The van der Waals surface area contributed by atoms with E-state index in [0.717, 1.165) is 5.56 Å². The summed E-state index contributed by atoms with van der Waals surface area (Å²) >= 11 is 5.80. The van der Waals surface area contributed by atoms with Crippen molar-refractivity contribution < 1.29 is 19.4 Å². The van der Waals surface area contributed by atoms with Crippen LogP contribution in [0.2, 0.25) is 5.02 Å². The highest BCUT2D eigenvalue weighted by Crippen LogP contribution is 2.23. The Morgan fingerprint density at radius 2 is 1.86 bits per heavy atom. The molecule has 0 aromatic heterocycles. The quantitative estimate of drug-likeness (QED) is 0.930. The lowest BCUT2D eigenvalue weighted by Gasteiger charge is -2.18. The van der Waals surface area contributed by atoms with Crippen molar-refractivity contribution in [3.05, 3.63) is 64.7 Å². The van der Waals surface area contributed by atoms with Gasteiger partial charge < -0.3 is 9.84 Å². The Hall–Kier alpha value is -2.53. The Balaban J connectivity index is 2.07. The van der Waals surface area contributed by atoms with Gasteiger partial charge in [-0.15, -0.1) is 0 Å². The molecular formula is C16H14ClNO4. The van der Waals surface area contributed by atoms with Crippen LogP contribution in [0.4, 0.5) is 10.5 Å². The molecule has 22 heavy (non-hydrogen) atoms. The molecule has 0 unspecified atom stereocenters. The van der Waals surface area contributed by atoms with Gasteiger partial charge in [-0.3, -0.25) is 4.90 Å². The van der Waals surface area contributed by atoms with Crippen LogP contribution in [-0.4, -0.2) is 24.2 Å². The van der Waals surface area contributed by atoms with Gasteiger partial charge in [0.05, 0.1) is 10.6 Å². The van der Waals surface area contributed by atoms with Crippen molar-refractivity contribution >= 4 is 29.4 Å². The zero-order valence-corrected chi connectivity index (χ0v) is 12.6. The number of anilines is 1. The summed E-state index contributed by atoms with van der Waals surface area (Å²) in [4.78, 5) is 24.3. The largest absolute Gasteiger partial charge is 0.478 e. The summed E-state index contributed by atoms with van der Waals surface area (Å²) in [5.41, 5.74) is 1.19. The number of carbonyl (C=O) groups is 2. The predicted octanol–water partition coefficient (Wildman–Crippen LogP) is 3.81. The third-order valence-electron chi connectivity index (χ3n) is 3.05. The first-order valence-corrected chi connectivity index (χ1v) is 6.84. The van der Waals surface area contributed by atoms with Gasteiger partial charge in [0.15, 0.2) is 0 Å². The lowest BCUT2D eigenvalue weighted by atomic mass is 10.2. The van der Waals surface area contributed by atoms with Gasteiger partial charge in [0.1, 0.15) is 6.61 Å². The number of aromatic carboxylic acids is 1. The fourth-order valence-corrected chi connectivity index (χ4v) is 2.01. The van der Waals surface area contributed by atoms with Crippen LogP contribution in [0, 0.1) is 0 Å². The van der Waals surface area contributed by atoms with E-state index in [4.69, 9.17) is 21.4 Å². The van der Waals surface area contributed by atoms with E-state index in [1.165, 1.54) is 24.1 Å². The number of carboxylic acid groups (broad SMARTS) is 1. The summed E-state index contributed by atoms with van der Waals surface area (Å²) < 4.78 is 5.18. The topological polar surface area (TPSA) is 66.8 Å². The molecule has 114 valence electrons. The van der Waals surface area contributed by atoms with Gasteiger partial charge in [-0.2, -0.15) is 0 Å². The molecule has 5 nitrogen and oxygen atoms in total. The lowest BCUT2D eigenvalue weighted by molar-refractivity contribution is 0.0697. The zero-order valence-electron chi connectivity index (χ0n) is 11.8. The van der Waals surface area contributed by atoms with E-state index in [1.807, 2.05) is 30.3 Å². The number of hydrogen-bond acceptors (Lipinski definition) is 3. The molecule has 0 saturated carbocycles. The van der Waals surface area contributed by atoms with E-state index in [1.54, 1.807) is 6.07 Å². The predicted molar refractivity (Wildman–Crippen MR) is 83.4 cm³/mol.